The molecule has 4 heteroatoms. The van der Waals surface area contributed by atoms with E-state index in [1.54, 1.807) is 0 Å². The molecule has 0 amide bonds. The van der Waals surface area contributed by atoms with Gasteiger partial charge in [-0.1, -0.05) is 24.3 Å². The van der Waals surface area contributed by atoms with Crippen molar-refractivity contribution < 1.29 is 13.2 Å². The Bertz CT molecular complexity index is 590. The highest BCUT2D eigenvalue weighted by atomic mass is 19.4. The fraction of sp³-hybridized carbons (Fsp3) is 0.250. The van der Waals surface area contributed by atoms with Crippen LogP contribution in [0.25, 0.3) is 11.1 Å². The van der Waals surface area contributed by atoms with E-state index >= 15 is 0 Å². The van der Waals surface area contributed by atoms with E-state index in [1.807, 2.05) is 26.0 Å². The summed E-state index contributed by atoms with van der Waals surface area (Å²) >= 11 is 0. The Morgan fingerprint density at radius 2 is 1.40 bits per heavy atom. The number of benzene rings is 2. The molecule has 0 aliphatic heterocycles. The van der Waals surface area contributed by atoms with Crippen molar-refractivity contribution in [3.63, 3.8) is 0 Å². The van der Waals surface area contributed by atoms with Crippen LogP contribution in [0.5, 0.6) is 0 Å². The first-order chi connectivity index (χ1) is 9.32. The SMILES string of the molecule is Cc1cc(-c2ccc(C(F)(F)F)cc2)cc(C)c1CN. The topological polar surface area (TPSA) is 26.0 Å². The van der Waals surface area contributed by atoms with Gasteiger partial charge in [-0.2, -0.15) is 13.2 Å². The maximum absolute atomic E-state index is 12.5. The van der Waals surface area contributed by atoms with Gasteiger partial charge in [-0.05, 0) is 53.8 Å². The molecule has 0 atom stereocenters. The van der Waals surface area contributed by atoms with Crippen LogP contribution in [-0.2, 0) is 12.7 Å². The van der Waals surface area contributed by atoms with Crippen molar-refractivity contribution in [3.8, 4) is 11.1 Å². The van der Waals surface area contributed by atoms with Crippen molar-refractivity contribution >= 4 is 0 Å². The van der Waals surface area contributed by atoms with Gasteiger partial charge in [0.1, 0.15) is 0 Å². The number of hydrogen-bond donors (Lipinski definition) is 1. The van der Waals surface area contributed by atoms with E-state index in [0.29, 0.717) is 6.54 Å². The molecular weight excluding hydrogens is 263 g/mol. The summed E-state index contributed by atoms with van der Waals surface area (Å²) in [6.45, 7) is 4.39. The summed E-state index contributed by atoms with van der Waals surface area (Å²) in [5.74, 6) is 0. The fourth-order valence-corrected chi connectivity index (χ4v) is 2.33. The second-order valence-electron chi connectivity index (χ2n) is 4.87. The first kappa shape index (κ1) is 14.6. The number of nitrogens with two attached hydrogens (primary N) is 1. The molecule has 1 nitrogen and oxygen atoms in total. The monoisotopic (exact) mass is 279 g/mol. The van der Waals surface area contributed by atoms with Crippen LogP contribution < -0.4 is 5.73 Å². The van der Waals surface area contributed by atoms with E-state index in [1.165, 1.54) is 12.1 Å². The number of hydrogen-bond acceptors (Lipinski definition) is 1. The molecule has 2 N–H and O–H groups in total. The van der Waals surface area contributed by atoms with Gasteiger partial charge in [-0.15, -0.1) is 0 Å². The number of alkyl halides is 3. The van der Waals surface area contributed by atoms with Gasteiger partial charge in [0.15, 0.2) is 0 Å². The second kappa shape index (κ2) is 5.29. The van der Waals surface area contributed by atoms with Crippen LogP contribution in [-0.4, -0.2) is 0 Å². The van der Waals surface area contributed by atoms with E-state index in [0.717, 1.165) is 39.9 Å². The average molecular weight is 279 g/mol. The van der Waals surface area contributed by atoms with Crippen molar-refractivity contribution in [2.24, 2.45) is 5.73 Å². The highest BCUT2D eigenvalue weighted by Gasteiger charge is 2.29. The lowest BCUT2D eigenvalue weighted by Crippen LogP contribution is -2.04. The molecule has 20 heavy (non-hydrogen) atoms. The summed E-state index contributed by atoms with van der Waals surface area (Å²) in [5, 5.41) is 0. The van der Waals surface area contributed by atoms with E-state index < -0.39 is 11.7 Å². The minimum Gasteiger partial charge on any atom is -0.326 e. The van der Waals surface area contributed by atoms with Crippen molar-refractivity contribution in [2.45, 2.75) is 26.6 Å². The maximum Gasteiger partial charge on any atom is 0.416 e. The molecule has 2 rings (SSSR count). The Kier molecular flexibility index (Phi) is 3.86. The lowest BCUT2D eigenvalue weighted by Gasteiger charge is -2.12. The molecule has 106 valence electrons. The third-order valence-electron chi connectivity index (χ3n) is 3.45. The van der Waals surface area contributed by atoms with Crippen LogP contribution >= 0.6 is 0 Å². The van der Waals surface area contributed by atoms with E-state index in [9.17, 15) is 13.2 Å². The summed E-state index contributed by atoms with van der Waals surface area (Å²) in [7, 11) is 0. The Balaban J connectivity index is 2.42. The van der Waals surface area contributed by atoms with Crippen LogP contribution in [0.4, 0.5) is 13.2 Å². The lowest BCUT2D eigenvalue weighted by molar-refractivity contribution is -0.137. The molecule has 0 radical (unpaired) electrons. The van der Waals surface area contributed by atoms with Crippen molar-refractivity contribution in [2.75, 3.05) is 0 Å². The number of rotatable bonds is 2. The molecule has 0 unspecified atom stereocenters. The highest BCUT2D eigenvalue weighted by Crippen LogP contribution is 2.31. The van der Waals surface area contributed by atoms with Gasteiger partial charge in [0.05, 0.1) is 5.56 Å². The molecule has 0 saturated heterocycles. The van der Waals surface area contributed by atoms with Crippen LogP contribution in [0.3, 0.4) is 0 Å². The second-order valence-corrected chi connectivity index (χ2v) is 4.87. The molecule has 0 spiro atoms. The molecule has 0 fully saturated rings. The van der Waals surface area contributed by atoms with Gasteiger partial charge >= 0.3 is 6.18 Å². The Morgan fingerprint density at radius 3 is 1.80 bits per heavy atom. The molecule has 0 aliphatic carbocycles. The van der Waals surface area contributed by atoms with Crippen LogP contribution in [0.1, 0.15) is 22.3 Å². The normalized spacial score (nSPS) is 11.7. The summed E-state index contributed by atoms with van der Waals surface area (Å²) < 4.78 is 37.6. The van der Waals surface area contributed by atoms with Crippen LogP contribution in [0.15, 0.2) is 36.4 Å². The summed E-state index contributed by atoms with van der Waals surface area (Å²) in [6, 6.07) is 9.13. The number of halogens is 3. The predicted octanol–water partition coefficient (Wildman–Crippen LogP) is 4.45. The van der Waals surface area contributed by atoms with E-state index in [4.69, 9.17) is 5.73 Å². The quantitative estimate of drug-likeness (QED) is 0.863. The first-order valence-corrected chi connectivity index (χ1v) is 6.30. The van der Waals surface area contributed by atoms with Gasteiger partial charge in [0.25, 0.3) is 0 Å². The third-order valence-corrected chi connectivity index (χ3v) is 3.45. The van der Waals surface area contributed by atoms with Crippen LogP contribution in [0.2, 0.25) is 0 Å². The zero-order valence-electron chi connectivity index (χ0n) is 11.4. The summed E-state index contributed by atoms with van der Waals surface area (Å²) in [4.78, 5) is 0. The molecule has 0 bridgehead atoms. The Labute approximate surface area is 116 Å². The molecule has 2 aromatic rings. The fourth-order valence-electron chi connectivity index (χ4n) is 2.33. The minimum absolute atomic E-state index is 0.463. The molecular formula is C16H16F3N. The average Bonchev–Trinajstić information content (AvgIpc) is 2.37. The van der Waals surface area contributed by atoms with Gasteiger partial charge in [0.2, 0.25) is 0 Å². The van der Waals surface area contributed by atoms with Gasteiger partial charge in [0, 0.05) is 6.54 Å². The highest BCUT2D eigenvalue weighted by molar-refractivity contribution is 5.66. The van der Waals surface area contributed by atoms with E-state index in [2.05, 4.69) is 0 Å². The van der Waals surface area contributed by atoms with Crippen molar-refractivity contribution in [1.82, 2.24) is 0 Å². The third kappa shape index (κ3) is 2.85. The summed E-state index contributed by atoms with van der Waals surface area (Å²) in [5.41, 5.74) is 9.93. The first-order valence-electron chi connectivity index (χ1n) is 6.30. The molecule has 0 heterocycles. The number of aryl methyl sites for hydroxylation is 2. The predicted molar refractivity (Wildman–Crippen MR) is 74.2 cm³/mol. The zero-order chi connectivity index (χ0) is 14.9. The molecule has 2 aromatic carbocycles. The van der Waals surface area contributed by atoms with E-state index in [-0.39, 0.29) is 0 Å². The standard InChI is InChI=1S/C16H16F3N/c1-10-7-13(8-11(2)15(10)9-20)12-3-5-14(6-4-12)16(17,18)19/h3-8H,9,20H2,1-2H3. The summed E-state index contributed by atoms with van der Waals surface area (Å²) in [6.07, 6.45) is -4.30. The zero-order valence-corrected chi connectivity index (χ0v) is 11.4. The molecule has 0 aromatic heterocycles. The smallest absolute Gasteiger partial charge is 0.326 e. The van der Waals surface area contributed by atoms with Crippen molar-refractivity contribution in [3.05, 3.63) is 58.7 Å². The van der Waals surface area contributed by atoms with Crippen molar-refractivity contribution in [1.29, 1.82) is 0 Å². The minimum atomic E-state index is -4.30. The molecule has 0 saturated carbocycles. The largest absolute Gasteiger partial charge is 0.416 e. The lowest BCUT2D eigenvalue weighted by atomic mass is 9.95. The Morgan fingerprint density at radius 1 is 0.900 bits per heavy atom. The Hall–Kier alpha value is -1.81. The van der Waals surface area contributed by atoms with Gasteiger partial charge < -0.3 is 5.73 Å². The van der Waals surface area contributed by atoms with Gasteiger partial charge in [-0.25, -0.2) is 0 Å². The maximum atomic E-state index is 12.5. The molecule has 0 aliphatic rings. The van der Waals surface area contributed by atoms with Crippen LogP contribution in [0, 0.1) is 13.8 Å². The van der Waals surface area contributed by atoms with Gasteiger partial charge in [-0.3, -0.25) is 0 Å².